The molecule has 30 heavy (non-hydrogen) atoms. The van der Waals surface area contributed by atoms with Crippen molar-refractivity contribution in [1.29, 1.82) is 0 Å². The minimum Gasteiger partial charge on any atom is -0.379 e. The Hall–Kier alpha value is -2.71. The molecule has 5 nitrogen and oxygen atoms in total. The highest BCUT2D eigenvalue weighted by molar-refractivity contribution is 5.78. The van der Waals surface area contributed by atoms with Gasteiger partial charge in [0, 0.05) is 43.0 Å². The molecule has 1 N–H and O–H groups in total. The second-order valence-corrected chi connectivity index (χ2v) is 7.28. The number of ether oxygens (including phenoxy) is 1. The van der Waals surface area contributed by atoms with Gasteiger partial charge in [0.2, 0.25) is 0 Å². The first-order valence-electron chi connectivity index (χ1n) is 9.98. The summed E-state index contributed by atoms with van der Waals surface area (Å²) in [5.74, 6) is 0.766. The van der Waals surface area contributed by atoms with Crippen LogP contribution in [0.25, 0.3) is 22.5 Å². The highest BCUT2D eigenvalue weighted by atomic mass is 19.4. The summed E-state index contributed by atoms with van der Waals surface area (Å²) < 4.78 is 45.0. The molecule has 1 aliphatic rings. The zero-order chi connectivity index (χ0) is 21.0. The van der Waals surface area contributed by atoms with Gasteiger partial charge in [-0.3, -0.25) is 9.88 Å². The molecule has 0 radical (unpaired) electrons. The lowest BCUT2D eigenvalue weighted by atomic mass is 10.0. The monoisotopic (exact) mass is 416 g/mol. The number of pyridine rings is 1. The van der Waals surface area contributed by atoms with Gasteiger partial charge in [-0.1, -0.05) is 12.1 Å². The topological polar surface area (TPSA) is 54.0 Å². The van der Waals surface area contributed by atoms with E-state index in [0.29, 0.717) is 23.4 Å². The molecule has 0 amide bonds. The van der Waals surface area contributed by atoms with Crippen LogP contribution in [0.3, 0.4) is 0 Å². The second-order valence-electron chi connectivity index (χ2n) is 7.28. The second kappa shape index (κ2) is 8.97. The Morgan fingerprint density at radius 1 is 1.03 bits per heavy atom. The van der Waals surface area contributed by atoms with Crippen molar-refractivity contribution in [2.24, 2.45) is 0 Å². The van der Waals surface area contributed by atoms with Crippen LogP contribution in [-0.4, -0.2) is 52.7 Å². The maximum absolute atomic E-state index is 13.2. The number of benzene rings is 1. The van der Waals surface area contributed by atoms with Crippen LogP contribution in [0.15, 0.2) is 48.8 Å². The lowest BCUT2D eigenvalue weighted by Gasteiger charge is -2.26. The predicted molar refractivity (Wildman–Crippen MR) is 108 cm³/mol. The SMILES string of the molecule is FC(F)(F)c1cccc(-c2nc(CCCN3CCOCC3)[nH]c2-c2ccncc2)c1. The van der Waals surface area contributed by atoms with Crippen LogP contribution in [0, 0.1) is 0 Å². The molecule has 158 valence electrons. The highest BCUT2D eigenvalue weighted by Crippen LogP contribution is 2.35. The first kappa shape index (κ1) is 20.6. The number of aromatic nitrogens is 3. The molecule has 0 spiro atoms. The minimum absolute atomic E-state index is 0.437. The smallest absolute Gasteiger partial charge is 0.379 e. The standard InChI is InChI=1S/C22H23F3N4O/c23-22(24,25)18-4-1-3-17(15-18)21-20(16-6-8-26-9-7-16)27-19(28-21)5-2-10-29-11-13-30-14-12-29/h1,3-4,6-9,15H,2,5,10-14H2,(H,27,28). The van der Waals surface area contributed by atoms with E-state index in [9.17, 15) is 13.2 Å². The largest absolute Gasteiger partial charge is 0.416 e. The van der Waals surface area contributed by atoms with Gasteiger partial charge >= 0.3 is 6.18 Å². The van der Waals surface area contributed by atoms with Crippen molar-refractivity contribution in [3.63, 3.8) is 0 Å². The van der Waals surface area contributed by atoms with Crippen LogP contribution in [0.1, 0.15) is 17.8 Å². The first-order valence-corrected chi connectivity index (χ1v) is 9.98. The molecule has 4 rings (SSSR count). The molecule has 0 aliphatic carbocycles. The molecule has 1 saturated heterocycles. The van der Waals surface area contributed by atoms with Crippen LogP contribution in [0.2, 0.25) is 0 Å². The van der Waals surface area contributed by atoms with Crippen molar-refractivity contribution in [1.82, 2.24) is 19.9 Å². The van der Waals surface area contributed by atoms with Gasteiger partial charge in [-0.25, -0.2) is 4.98 Å². The number of hydrogen-bond acceptors (Lipinski definition) is 4. The third-order valence-corrected chi connectivity index (χ3v) is 5.18. The fourth-order valence-corrected chi connectivity index (χ4v) is 3.61. The fourth-order valence-electron chi connectivity index (χ4n) is 3.61. The molecule has 0 saturated carbocycles. The average Bonchev–Trinajstić information content (AvgIpc) is 3.19. The number of imidazole rings is 1. The quantitative estimate of drug-likeness (QED) is 0.646. The van der Waals surface area contributed by atoms with Crippen molar-refractivity contribution in [2.45, 2.75) is 19.0 Å². The summed E-state index contributed by atoms with van der Waals surface area (Å²) in [7, 11) is 0. The van der Waals surface area contributed by atoms with Crippen LogP contribution < -0.4 is 0 Å². The van der Waals surface area contributed by atoms with Crippen molar-refractivity contribution in [3.05, 3.63) is 60.2 Å². The molecule has 0 atom stereocenters. The van der Waals surface area contributed by atoms with E-state index >= 15 is 0 Å². The maximum Gasteiger partial charge on any atom is 0.416 e. The molecule has 1 fully saturated rings. The molecule has 2 aromatic heterocycles. The zero-order valence-electron chi connectivity index (χ0n) is 16.5. The lowest BCUT2D eigenvalue weighted by Crippen LogP contribution is -2.36. The van der Waals surface area contributed by atoms with Gasteiger partial charge in [-0.2, -0.15) is 13.2 Å². The number of aromatic amines is 1. The lowest BCUT2D eigenvalue weighted by molar-refractivity contribution is -0.137. The van der Waals surface area contributed by atoms with Crippen LogP contribution >= 0.6 is 0 Å². The van der Waals surface area contributed by atoms with Gasteiger partial charge in [0.1, 0.15) is 5.82 Å². The Balaban J connectivity index is 1.60. The van der Waals surface area contributed by atoms with E-state index in [1.54, 1.807) is 18.5 Å². The Labute approximate surface area is 172 Å². The van der Waals surface area contributed by atoms with Crippen LogP contribution in [0.5, 0.6) is 0 Å². The summed E-state index contributed by atoms with van der Waals surface area (Å²) in [6.45, 7) is 4.30. The van der Waals surface area contributed by atoms with Gasteiger partial charge in [0.15, 0.2) is 0 Å². The van der Waals surface area contributed by atoms with Gasteiger partial charge in [-0.05, 0) is 37.2 Å². The number of halogens is 3. The summed E-state index contributed by atoms with van der Waals surface area (Å²) >= 11 is 0. The van der Waals surface area contributed by atoms with Crippen molar-refractivity contribution < 1.29 is 17.9 Å². The number of alkyl halides is 3. The highest BCUT2D eigenvalue weighted by Gasteiger charge is 2.31. The summed E-state index contributed by atoms with van der Waals surface area (Å²) in [5.41, 5.74) is 1.82. The molecule has 1 aromatic carbocycles. The third-order valence-electron chi connectivity index (χ3n) is 5.18. The van der Waals surface area contributed by atoms with E-state index in [0.717, 1.165) is 62.8 Å². The van der Waals surface area contributed by atoms with E-state index in [1.807, 2.05) is 12.1 Å². The molecular formula is C22H23F3N4O. The average molecular weight is 416 g/mol. The normalized spacial score (nSPS) is 15.4. The first-order chi connectivity index (χ1) is 14.5. The third kappa shape index (κ3) is 4.88. The maximum atomic E-state index is 13.2. The van der Waals surface area contributed by atoms with E-state index in [2.05, 4.69) is 19.9 Å². The van der Waals surface area contributed by atoms with Crippen molar-refractivity contribution in [3.8, 4) is 22.5 Å². The molecule has 0 unspecified atom stereocenters. The Kier molecular flexibility index (Phi) is 6.15. The van der Waals surface area contributed by atoms with Crippen LogP contribution in [0.4, 0.5) is 13.2 Å². The minimum atomic E-state index is -4.40. The zero-order valence-corrected chi connectivity index (χ0v) is 16.5. The van der Waals surface area contributed by atoms with E-state index < -0.39 is 11.7 Å². The number of aryl methyl sites for hydroxylation is 1. The molecule has 3 heterocycles. The van der Waals surface area contributed by atoms with Gasteiger partial charge < -0.3 is 9.72 Å². The number of hydrogen-bond donors (Lipinski definition) is 1. The molecular weight excluding hydrogens is 393 g/mol. The number of morpholine rings is 1. The number of rotatable bonds is 6. The Morgan fingerprint density at radius 3 is 2.53 bits per heavy atom. The molecule has 3 aromatic rings. The number of nitrogens with zero attached hydrogens (tertiary/aromatic N) is 3. The predicted octanol–water partition coefficient (Wildman–Crippen LogP) is 4.42. The number of H-pyrrole nitrogens is 1. The van der Waals surface area contributed by atoms with Gasteiger partial charge in [0.25, 0.3) is 0 Å². The Bertz CT molecular complexity index is 966. The number of nitrogens with one attached hydrogen (secondary N) is 1. The van der Waals surface area contributed by atoms with E-state index in [-0.39, 0.29) is 0 Å². The van der Waals surface area contributed by atoms with Gasteiger partial charge in [-0.15, -0.1) is 0 Å². The summed E-state index contributed by atoms with van der Waals surface area (Å²) in [4.78, 5) is 14.4. The summed E-state index contributed by atoms with van der Waals surface area (Å²) in [5, 5.41) is 0. The van der Waals surface area contributed by atoms with E-state index in [4.69, 9.17) is 4.74 Å². The molecule has 8 heteroatoms. The van der Waals surface area contributed by atoms with Crippen molar-refractivity contribution in [2.75, 3.05) is 32.8 Å². The molecule has 0 bridgehead atoms. The fraction of sp³-hybridized carbons (Fsp3) is 0.364. The Morgan fingerprint density at radius 2 is 1.80 bits per heavy atom. The van der Waals surface area contributed by atoms with Crippen molar-refractivity contribution >= 4 is 0 Å². The van der Waals surface area contributed by atoms with Gasteiger partial charge in [0.05, 0.1) is 30.2 Å². The van der Waals surface area contributed by atoms with Crippen LogP contribution in [-0.2, 0) is 17.3 Å². The summed E-state index contributed by atoms with van der Waals surface area (Å²) in [6.07, 6.45) is 0.540. The van der Waals surface area contributed by atoms with E-state index in [1.165, 1.54) is 6.07 Å². The molecule has 1 aliphatic heterocycles. The summed E-state index contributed by atoms with van der Waals surface area (Å²) in [6, 6.07) is 8.95.